The molecule has 6 nitrogen and oxygen atoms in total. The normalized spacial score (nSPS) is 17.5. The van der Waals surface area contributed by atoms with Gasteiger partial charge in [-0.3, -0.25) is 4.98 Å². The molecule has 1 N–H and O–H groups in total. The predicted molar refractivity (Wildman–Crippen MR) is 92.0 cm³/mol. The van der Waals surface area contributed by atoms with Crippen molar-refractivity contribution in [3.8, 4) is 11.4 Å². The highest BCUT2D eigenvalue weighted by Gasteiger charge is 2.25. The third kappa shape index (κ3) is 3.69. The van der Waals surface area contributed by atoms with E-state index in [0.29, 0.717) is 29.2 Å². The van der Waals surface area contributed by atoms with Gasteiger partial charge in [-0.25, -0.2) is 14.8 Å². The van der Waals surface area contributed by atoms with E-state index in [1.807, 2.05) is 0 Å². The van der Waals surface area contributed by atoms with Crippen LogP contribution in [0.5, 0.6) is 0 Å². The summed E-state index contributed by atoms with van der Waals surface area (Å²) in [5.74, 6) is 1.11. The van der Waals surface area contributed by atoms with Crippen molar-refractivity contribution in [3.05, 3.63) is 36.2 Å². The molecule has 6 heteroatoms. The van der Waals surface area contributed by atoms with Gasteiger partial charge in [0, 0.05) is 25.5 Å². The van der Waals surface area contributed by atoms with Gasteiger partial charge < -0.3 is 10.0 Å². The highest BCUT2D eigenvalue weighted by atomic mass is 16.4. The van der Waals surface area contributed by atoms with Crippen molar-refractivity contribution in [1.29, 1.82) is 0 Å². The largest absolute Gasteiger partial charge is 0.478 e. The molecule has 0 radical (unpaired) electrons. The number of pyridine rings is 1. The number of carboxylic acid groups (broad SMARTS) is 1. The number of aromatic carboxylic acids is 1. The van der Waals surface area contributed by atoms with E-state index in [0.717, 1.165) is 13.1 Å². The van der Waals surface area contributed by atoms with E-state index in [-0.39, 0.29) is 5.56 Å². The van der Waals surface area contributed by atoms with E-state index in [1.165, 1.54) is 25.1 Å². The quantitative estimate of drug-likeness (QED) is 0.909. The number of carbonyl (C=O) groups is 1. The SMILES string of the molecule is CC(C)C[C@H]1CCN(c2nccc(-c3cc(C(=O)O)ccn3)n2)C1. The smallest absolute Gasteiger partial charge is 0.335 e. The minimum atomic E-state index is -0.969. The second kappa shape index (κ2) is 6.95. The van der Waals surface area contributed by atoms with Gasteiger partial charge in [0.15, 0.2) is 0 Å². The van der Waals surface area contributed by atoms with Gasteiger partial charge in [-0.15, -0.1) is 0 Å². The molecule has 0 saturated carbocycles. The van der Waals surface area contributed by atoms with Gasteiger partial charge in [0.25, 0.3) is 0 Å². The summed E-state index contributed by atoms with van der Waals surface area (Å²) in [6.45, 7) is 6.44. The Hall–Kier alpha value is -2.50. The number of hydrogen-bond donors (Lipinski definition) is 1. The lowest BCUT2D eigenvalue weighted by atomic mass is 9.97. The van der Waals surface area contributed by atoms with Crippen LogP contribution in [0.1, 0.15) is 37.0 Å². The average molecular weight is 326 g/mol. The van der Waals surface area contributed by atoms with Crippen molar-refractivity contribution in [2.75, 3.05) is 18.0 Å². The van der Waals surface area contributed by atoms with Crippen molar-refractivity contribution < 1.29 is 9.90 Å². The molecule has 0 amide bonds. The molecule has 126 valence electrons. The van der Waals surface area contributed by atoms with Gasteiger partial charge in [-0.05, 0) is 42.9 Å². The lowest BCUT2D eigenvalue weighted by molar-refractivity contribution is 0.0697. The van der Waals surface area contributed by atoms with Crippen LogP contribution in [0, 0.1) is 11.8 Å². The molecule has 24 heavy (non-hydrogen) atoms. The molecule has 1 atom stereocenters. The molecule has 3 heterocycles. The minimum Gasteiger partial charge on any atom is -0.478 e. The second-order valence-corrected chi connectivity index (χ2v) is 6.71. The van der Waals surface area contributed by atoms with Crippen LogP contribution in [0.25, 0.3) is 11.4 Å². The first-order chi connectivity index (χ1) is 11.5. The van der Waals surface area contributed by atoms with Gasteiger partial charge in [0.2, 0.25) is 5.95 Å². The molecule has 3 rings (SSSR count). The number of nitrogens with zero attached hydrogens (tertiary/aromatic N) is 4. The highest BCUT2D eigenvalue weighted by molar-refractivity contribution is 5.88. The minimum absolute atomic E-state index is 0.207. The van der Waals surface area contributed by atoms with Crippen molar-refractivity contribution in [2.24, 2.45) is 11.8 Å². The van der Waals surface area contributed by atoms with Gasteiger partial charge in [0.1, 0.15) is 0 Å². The van der Waals surface area contributed by atoms with Crippen LogP contribution in [-0.4, -0.2) is 39.1 Å². The first kappa shape index (κ1) is 16.4. The maximum atomic E-state index is 11.1. The average Bonchev–Trinajstić information content (AvgIpc) is 3.03. The molecule has 1 aliphatic rings. The maximum Gasteiger partial charge on any atom is 0.335 e. The fourth-order valence-corrected chi connectivity index (χ4v) is 3.22. The Bertz CT molecular complexity index is 732. The zero-order valence-corrected chi connectivity index (χ0v) is 14.0. The zero-order chi connectivity index (χ0) is 17.1. The number of carboxylic acids is 1. The summed E-state index contributed by atoms with van der Waals surface area (Å²) in [6.07, 6.45) is 5.59. The Morgan fingerprint density at radius 1 is 1.29 bits per heavy atom. The molecule has 2 aromatic rings. The Morgan fingerprint density at radius 2 is 2.08 bits per heavy atom. The van der Waals surface area contributed by atoms with Gasteiger partial charge >= 0.3 is 5.97 Å². The number of anilines is 1. The summed E-state index contributed by atoms with van der Waals surface area (Å²) in [6, 6.07) is 4.78. The van der Waals surface area contributed by atoms with Crippen molar-refractivity contribution >= 4 is 11.9 Å². The highest BCUT2D eigenvalue weighted by Crippen LogP contribution is 2.27. The Labute approximate surface area is 141 Å². The molecule has 0 bridgehead atoms. The Balaban J connectivity index is 1.80. The summed E-state index contributed by atoms with van der Waals surface area (Å²) < 4.78 is 0. The molecule has 2 aromatic heterocycles. The van der Waals surface area contributed by atoms with E-state index >= 15 is 0 Å². The lowest BCUT2D eigenvalue weighted by Gasteiger charge is -2.17. The van der Waals surface area contributed by atoms with Gasteiger partial charge in [-0.1, -0.05) is 13.8 Å². The first-order valence-electron chi connectivity index (χ1n) is 8.30. The molecule has 1 saturated heterocycles. The van der Waals surface area contributed by atoms with Crippen LogP contribution in [0.3, 0.4) is 0 Å². The molecular formula is C18H22N4O2. The fraction of sp³-hybridized carbons (Fsp3) is 0.444. The van der Waals surface area contributed by atoms with Crippen LogP contribution < -0.4 is 4.90 Å². The zero-order valence-electron chi connectivity index (χ0n) is 14.0. The standard InChI is InChI=1S/C18H22N4O2/c1-12(2)9-13-5-8-22(11-13)18-20-7-4-15(21-18)16-10-14(17(23)24)3-6-19-16/h3-4,6-7,10,12-13H,5,8-9,11H2,1-2H3,(H,23,24)/t13-/m1/s1. The van der Waals surface area contributed by atoms with E-state index in [9.17, 15) is 4.79 Å². The lowest BCUT2D eigenvalue weighted by Crippen LogP contribution is -2.22. The number of aromatic nitrogens is 3. The van der Waals surface area contributed by atoms with E-state index in [1.54, 1.807) is 18.3 Å². The number of rotatable bonds is 5. The molecule has 0 unspecified atom stereocenters. The summed E-state index contributed by atoms with van der Waals surface area (Å²) >= 11 is 0. The molecule has 0 aliphatic carbocycles. The van der Waals surface area contributed by atoms with Crippen LogP contribution in [0.15, 0.2) is 30.6 Å². The first-order valence-corrected chi connectivity index (χ1v) is 8.30. The van der Waals surface area contributed by atoms with E-state index < -0.39 is 5.97 Å². The number of hydrogen-bond acceptors (Lipinski definition) is 5. The molecular weight excluding hydrogens is 304 g/mol. The molecule has 0 aromatic carbocycles. The van der Waals surface area contributed by atoms with Crippen molar-refractivity contribution in [2.45, 2.75) is 26.7 Å². The Morgan fingerprint density at radius 3 is 2.83 bits per heavy atom. The van der Waals surface area contributed by atoms with Crippen molar-refractivity contribution in [3.63, 3.8) is 0 Å². The molecule has 1 aliphatic heterocycles. The van der Waals surface area contributed by atoms with Crippen LogP contribution in [-0.2, 0) is 0 Å². The van der Waals surface area contributed by atoms with Crippen LogP contribution in [0.4, 0.5) is 5.95 Å². The maximum absolute atomic E-state index is 11.1. The fourth-order valence-electron chi connectivity index (χ4n) is 3.22. The van der Waals surface area contributed by atoms with E-state index in [2.05, 4.69) is 33.7 Å². The van der Waals surface area contributed by atoms with Gasteiger partial charge in [-0.2, -0.15) is 0 Å². The topological polar surface area (TPSA) is 79.2 Å². The summed E-state index contributed by atoms with van der Waals surface area (Å²) in [4.78, 5) is 26.6. The summed E-state index contributed by atoms with van der Waals surface area (Å²) in [5, 5.41) is 9.12. The third-order valence-electron chi connectivity index (χ3n) is 4.29. The molecule has 1 fully saturated rings. The third-order valence-corrected chi connectivity index (χ3v) is 4.29. The second-order valence-electron chi connectivity index (χ2n) is 6.71. The van der Waals surface area contributed by atoms with Crippen LogP contribution >= 0.6 is 0 Å². The van der Waals surface area contributed by atoms with Gasteiger partial charge in [0.05, 0.1) is 17.0 Å². The molecule has 0 spiro atoms. The van der Waals surface area contributed by atoms with Crippen molar-refractivity contribution in [1.82, 2.24) is 15.0 Å². The monoisotopic (exact) mass is 326 g/mol. The van der Waals surface area contributed by atoms with Crippen LogP contribution in [0.2, 0.25) is 0 Å². The Kier molecular flexibility index (Phi) is 4.74. The van der Waals surface area contributed by atoms with E-state index in [4.69, 9.17) is 5.11 Å². The summed E-state index contributed by atoms with van der Waals surface area (Å²) in [7, 11) is 0. The summed E-state index contributed by atoms with van der Waals surface area (Å²) in [5.41, 5.74) is 1.41. The predicted octanol–water partition coefficient (Wildman–Crippen LogP) is 3.11.